The number of benzene rings is 1. The topological polar surface area (TPSA) is 61.9 Å². The number of anilines is 1. The zero-order chi connectivity index (χ0) is 17.1. The van der Waals surface area contributed by atoms with Gasteiger partial charge in [0, 0.05) is 24.8 Å². The molecular weight excluding hydrogens is 306 g/mol. The van der Waals surface area contributed by atoms with Crippen molar-refractivity contribution in [3.05, 3.63) is 29.3 Å². The smallest absolute Gasteiger partial charge is 0.338 e. The number of amides is 2. The van der Waals surface area contributed by atoms with Crippen molar-refractivity contribution in [2.75, 3.05) is 38.6 Å². The second-order valence-corrected chi connectivity index (χ2v) is 6.53. The lowest BCUT2D eigenvalue weighted by atomic mass is 10.1. The summed E-state index contributed by atoms with van der Waals surface area (Å²) in [7, 11) is 1.36. The van der Waals surface area contributed by atoms with Crippen molar-refractivity contribution in [2.24, 2.45) is 0 Å². The monoisotopic (exact) mass is 331 g/mol. The van der Waals surface area contributed by atoms with E-state index in [2.05, 4.69) is 10.2 Å². The van der Waals surface area contributed by atoms with E-state index in [4.69, 9.17) is 4.74 Å². The molecule has 0 unspecified atom stereocenters. The SMILES string of the molecule is COC(=O)c1cccc(NC(=O)N2CC[C@@H](N3CCCC3)C2)c1C. The first-order valence-corrected chi connectivity index (χ1v) is 8.58. The molecule has 1 aromatic carbocycles. The highest BCUT2D eigenvalue weighted by Crippen LogP contribution is 2.23. The molecule has 2 aliphatic rings. The van der Waals surface area contributed by atoms with Gasteiger partial charge in [-0.2, -0.15) is 0 Å². The Bertz CT molecular complexity index is 626. The van der Waals surface area contributed by atoms with Crippen LogP contribution in [0.15, 0.2) is 18.2 Å². The summed E-state index contributed by atoms with van der Waals surface area (Å²) in [6.45, 7) is 5.68. The van der Waals surface area contributed by atoms with E-state index in [0.717, 1.165) is 38.2 Å². The molecule has 0 bridgehead atoms. The molecule has 6 heteroatoms. The molecule has 2 saturated heterocycles. The average Bonchev–Trinajstić information content (AvgIpc) is 3.27. The van der Waals surface area contributed by atoms with E-state index in [1.165, 1.54) is 20.0 Å². The maximum atomic E-state index is 12.6. The van der Waals surface area contributed by atoms with E-state index in [0.29, 0.717) is 17.3 Å². The Morgan fingerprint density at radius 1 is 1.21 bits per heavy atom. The van der Waals surface area contributed by atoms with Crippen LogP contribution < -0.4 is 5.32 Å². The third-order valence-electron chi connectivity index (χ3n) is 5.09. The second-order valence-electron chi connectivity index (χ2n) is 6.53. The van der Waals surface area contributed by atoms with Crippen LogP contribution in [0.5, 0.6) is 0 Å². The third kappa shape index (κ3) is 3.38. The minimum Gasteiger partial charge on any atom is -0.465 e. The highest BCUT2D eigenvalue weighted by Gasteiger charge is 2.31. The zero-order valence-corrected chi connectivity index (χ0v) is 14.4. The quantitative estimate of drug-likeness (QED) is 0.865. The molecule has 130 valence electrons. The Labute approximate surface area is 142 Å². The van der Waals surface area contributed by atoms with E-state index < -0.39 is 0 Å². The molecule has 0 spiro atoms. The number of urea groups is 1. The predicted octanol–water partition coefficient (Wildman–Crippen LogP) is 2.48. The van der Waals surface area contributed by atoms with Gasteiger partial charge in [-0.25, -0.2) is 9.59 Å². The maximum absolute atomic E-state index is 12.6. The van der Waals surface area contributed by atoms with Crippen LogP contribution in [0.1, 0.15) is 35.2 Å². The van der Waals surface area contributed by atoms with Crippen LogP contribution in [-0.2, 0) is 4.74 Å². The number of nitrogens with zero attached hydrogens (tertiary/aromatic N) is 2. The Hall–Kier alpha value is -2.08. The summed E-state index contributed by atoms with van der Waals surface area (Å²) in [5.74, 6) is -0.390. The Kier molecular flexibility index (Phi) is 5.04. The number of likely N-dealkylation sites (tertiary alicyclic amines) is 2. The van der Waals surface area contributed by atoms with Crippen LogP contribution in [0.2, 0.25) is 0 Å². The highest BCUT2D eigenvalue weighted by atomic mass is 16.5. The van der Waals surface area contributed by atoms with E-state index >= 15 is 0 Å². The number of rotatable bonds is 3. The van der Waals surface area contributed by atoms with Crippen LogP contribution in [0.3, 0.4) is 0 Å². The molecule has 1 aromatic rings. The third-order valence-corrected chi connectivity index (χ3v) is 5.09. The lowest BCUT2D eigenvalue weighted by Crippen LogP contribution is -2.38. The number of hydrogen-bond acceptors (Lipinski definition) is 4. The molecule has 2 heterocycles. The van der Waals surface area contributed by atoms with E-state index in [1.807, 2.05) is 17.9 Å². The first-order chi connectivity index (χ1) is 11.6. The van der Waals surface area contributed by atoms with Crippen molar-refractivity contribution in [2.45, 2.75) is 32.2 Å². The van der Waals surface area contributed by atoms with Crippen molar-refractivity contribution in [1.29, 1.82) is 0 Å². The van der Waals surface area contributed by atoms with Crippen molar-refractivity contribution in [1.82, 2.24) is 9.80 Å². The molecule has 24 heavy (non-hydrogen) atoms. The molecule has 0 saturated carbocycles. The normalized spacial score (nSPS) is 21.1. The number of carbonyl (C=O) groups is 2. The molecular formula is C18H25N3O3. The van der Waals surface area contributed by atoms with Crippen molar-refractivity contribution in [3.8, 4) is 0 Å². The highest BCUT2D eigenvalue weighted by molar-refractivity contribution is 5.96. The van der Waals surface area contributed by atoms with Gasteiger partial charge in [-0.3, -0.25) is 4.90 Å². The van der Waals surface area contributed by atoms with Gasteiger partial charge in [0.05, 0.1) is 12.7 Å². The minimum absolute atomic E-state index is 0.0955. The van der Waals surface area contributed by atoms with Crippen LogP contribution in [-0.4, -0.2) is 61.1 Å². The second kappa shape index (κ2) is 7.21. The molecule has 1 N–H and O–H groups in total. The zero-order valence-electron chi connectivity index (χ0n) is 14.4. The van der Waals surface area contributed by atoms with Crippen molar-refractivity contribution < 1.29 is 14.3 Å². The summed E-state index contributed by atoms with van der Waals surface area (Å²) in [4.78, 5) is 28.7. The lowest BCUT2D eigenvalue weighted by molar-refractivity contribution is 0.0600. The number of methoxy groups -OCH3 is 1. The Morgan fingerprint density at radius 2 is 1.96 bits per heavy atom. The number of esters is 1. The largest absolute Gasteiger partial charge is 0.465 e. The molecule has 2 fully saturated rings. The first kappa shape index (κ1) is 16.8. The number of carbonyl (C=O) groups excluding carboxylic acids is 2. The summed E-state index contributed by atoms with van der Waals surface area (Å²) in [6.07, 6.45) is 3.57. The number of hydrogen-bond donors (Lipinski definition) is 1. The molecule has 0 aliphatic carbocycles. The fraction of sp³-hybridized carbons (Fsp3) is 0.556. The van der Waals surface area contributed by atoms with Crippen molar-refractivity contribution >= 4 is 17.7 Å². The van der Waals surface area contributed by atoms with Crippen LogP contribution in [0, 0.1) is 6.92 Å². The fourth-order valence-electron chi connectivity index (χ4n) is 3.63. The van der Waals surface area contributed by atoms with E-state index in [-0.39, 0.29) is 12.0 Å². The molecule has 1 atom stereocenters. The summed E-state index contributed by atoms with van der Waals surface area (Å²) < 4.78 is 4.78. The maximum Gasteiger partial charge on any atom is 0.338 e. The number of ether oxygens (including phenoxy) is 1. The van der Waals surface area contributed by atoms with E-state index in [1.54, 1.807) is 12.1 Å². The van der Waals surface area contributed by atoms with Gasteiger partial charge in [-0.05, 0) is 57.0 Å². The summed E-state index contributed by atoms with van der Waals surface area (Å²) in [6, 6.07) is 5.66. The Balaban J connectivity index is 1.64. The van der Waals surface area contributed by atoms with Crippen molar-refractivity contribution in [3.63, 3.8) is 0 Å². The van der Waals surface area contributed by atoms with Gasteiger partial charge < -0.3 is 15.0 Å². The Morgan fingerprint density at radius 3 is 2.67 bits per heavy atom. The standard InChI is InChI=1S/C18H25N3O3/c1-13-15(17(22)24-2)6-5-7-16(13)19-18(23)21-11-8-14(12-21)20-9-3-4-10-20/h5-7,14H,3-4,8-12H2,1-2H3,(H,19,23)/t14-/m1/s1. The lowest BCUT2D eigenvalue weighted by Gasteiger charge is -2.24. The van der Waals surface area contributed by atoms with Gasteiger partial charge >= 0.3 is 12.0 Å². The number of nitrogens with one attached hydrogen (secondary N) is 1. The molecule has 0 aromatic heterocycles. The summed E-state index contributed by atoms with van der Waals surface area (Å²) >= 11 is 0. The molecule has 6 nitrogen and oxygen atoms in total. The van der Waals surface area contributed by atoms with Gasteiger partial charge in [0.2, 0.25) is 0 Å². The first-order valence-electron chi connectivity index (χ1n) is 8.58. The molecule has 0 radical (unpaired) electrons. The van der Waals surface area contributed by atoms with Gasteiger partial charge in [0.1, 0.15) is 0 Å². The molecule has 2 amide bonds. The average molecular weight is 331 g/mol. The van der Waals surface area contributed by atoms with E-state index in [9.17, 15) is 9.59 Å². The van der Waals surface area contributed by atoms with Gasteiger partial charge in [-0.15, -0.1) is 0 Å². The summed E-state index contributed by atoms with van der Waals surface area (Å²) in [5.41, 5.74) is 1.87. The van der Waals surface area contributed by atoms with Gasteiger partial charge in [0.25, 0.3) is 0 Å². The fourth-order valence-corrected chi connectivity index (χ4v) is 3.63. The minimum atomic E-state index is -0.390. The van der Waals surface area contributed by atoms with Gasteiger partial charge in [-0.1, -0.05) is 6.07 Å². The summed E-state index contributed by atoms with van der Waals surface area (Å²) in [5, 5.41) is 2.94. The van der Waals surface area contributed by atoms with Gasteiger partial charge in [0.15, 0.2) is 0 Å². The van der Waals surface area contributed by atoms with Crippen LogP contribution >= 0.6 is 0 Å². The molecule has 2 aliphatic heterocycles. The molecule has 3 rings (SSSR count). The predicted molar refractivity (Wildman–Crippen MR) is 92.3 cm³/mol. The van der Waals surface area contributed by atoms with Crippen LogP contribution in [0.4, 0.5) is 10.5 Å². The van der Waals surface area contributed by atoms with Crippen LogP contribution in [0.25, 0.3) is 0 Å².